The van der Waals surface area contributed by atoms with Crippen LogP contribution in [0.1, 0.15) is 33.1 Å². The molecule has 9 heteroatoms. The van der Waals surface area contributed by atoms with Crippen molar-refractivity contribution in [2.75, 3.05) is 24.9 Å². The van der Waals surface area contributed by atoms with Gasteiger partial charge in [0, 0.05) is 27.9 Å². The van der Waals surface area contributed by atoms with E-state index in [2.05, 4.69) is 22.5 Å². The van der Waals surface area contributed by atoms with E-state index in [0.717, 1.165) is 34.7 Å². The summed E-state index contributed by atoms with van der Waals surface area (Å²) in [6.07, 6.45) is 2.35. The van der Waals surface area contributed by atoms with Crippen LogP contribution in [0.2, 0.25) is 0 Å². The fourth-order valence-corrected chi connectivity index (χ4v) is 4.78. The van der Waals surface area contributed by atoms with E-state index < -0.39 is 0 Å². The Labute approximate surface area is 208 Å². The van der Waals surface area contributed by atoms with Crippen molar-refractivity contribution in [2.45, 2.75) is 43.3 Å². The number of nitrogens with zero attached hydrogens (tertiary/aromatic N) is 1. The van der Waals surface area contributed by atoms with Gasteiger partial charge in [0.05, 0.1) is 25.2 Å². The summed E-state index contributed by atoms with van der Waals surface area (Å²) < 4.78 is 10.6. The van der Waals surface area contributed by atoms with Crippen molar-refractivity contribution in [1.29, 1.82) is 0 Å². The molecule has 1 heterocycles. The monoisotopic (exact) mass is 499 g/mol. The lowest BCUT2D eigenvalue weighted by atomic mass is 10.1. The lowest BCUT2D eigenvalue weighted by molar-refractivity contribution is -0.116. The number of amides is 2. The number of benzene rings is 2. The number of thiazole rings is 1. The molecule has 0 bridgehead atoms. The third-order valence-corrected chi connectivity index (χ3v) is 6.82. The number of rotatable bonds is 11. The van der Waals surface area contributed by atoms with Gasteiger partial charge >= 0.3 is 0 Å². The van der Waals surface area contributed by atoms with Gasteiger partial charge in [-0.1, -0.05) is 19.4 Å². The van der Waals surface area contributed by atoms with Gasteiger partial charge in [0.1, 0.15) is 0 Å². The lowest BCUT2D eigenvalue weighted by Gasteiger charge is -2.12. The van der Waals surface area contributed by atoms with Crippen molar-refractivity contribution in [2.24, 2.45) is 0 Å². The molecule has 0 saturated carbocycles. The van der Waals surface area contributed by atoms with Crippen LogP contribution in [0.15, 0.2) is 52.7 Å². The van der Waals surface area contributed by atoms with Gasteiger partial charge in [-0.15, -0.1) is 23.1 Å². The van der Waals surface area contributed by atoms with Crippen molar-refractivity contribution >= 4 is 45.7 Å². The maximum atomic E-state index is 12.8. The molecule has 0 spiro atoms. The molecule has 7 nitrogen and oxygen atoms in total. The van der Waals surface area contributed by atoms with Gasteiger partial charge in [-0.2, -0.15) is 0 Å². The van der Waals surface area contributed by atoms with Crippen LogP contribution in [-0.2, 0) is 9.59 Å². The standard InChI is InChI=1S/C25H29N3O4S2/c1-5-6-10-23(29)26-18-8-7-9-19(14-18)34-16(2)24(30)28-25-27-20(15-33-25)17-11-12-21(31-3)22(13-17)32-4/h7-9,11-16H,5-6,10H2,1-4H3,(H,26,29)(H,27,28,30). The van der Waals surface area contributed by atoms with E-state index in [-0.39, 0.29) is 17.1 Å². The Hall–Kier alpha value is -3.04. The van der Waals surface area contributed by atoms with Crippen LogP contribution in [0.25, 0.3) is 11.3 Å². The highest BCUT2D eigenvalue weighted by atomic mass is 32.2. The van der Waals surface area contributed by atoms with Gasteiger partial charge in [-0.3, -0.25) is 9.59 Å². The predicted octanol–water partition coefficient (Wildman–Crippen LogP) is 6.08. The van der Waals surface area contributed by atoms with E-state index in [4.69, 9.17) is 9.47 Å². The third kappa shape index (κ3) is 6.98. The molecule has 0 saturated heterocycles. The van der Waals surface area contributed by atoms with E-state index in [1.54, 1.807) is 14.2 Å². The first-order valence-corrected chi connectivity index (χ1v) is 12.7. The van der Waals surface area contributed by atoms with Crippen molar-refractivity contribution in [1.82, 2.24) is 4.98 Å². The van der Waals surface area contributed by atoms with Crippen LogP contribution < -0.4 is 20.1 Å². The highest BCUT2D eigenvalue weighted by Crippen LogP contribution is 2.34. The second-order valence-corrected chi connectivity index (χ2v) is 9.81. The van der Waals surface area contributed by atoms with E-state index in [1.165, 1.54) is 23.1 Å². The molecule has 3 rings (SSSR count). The van der Waals surface area contributed by atoms with Crippen molar-refractivity contribution in [3.8, 4) is 22.8 Å². The van der Waals surface area contributed by atoms with Crippen molar-refractivity contribution < 1.29 is 19.1 Å². The first kappa shape index (κ1) is 25.6. The first-order chi connectivity index (χ1) is 16.4. The summed E-state index contributed by atoms with van der Waals surface area (Å²) in [7, 11) is 3.18. The summed E-state index contributed by atoms with van der Waals surface area (Å²) in [5, 5.41) is 7.88. The molecular weight excluding hydrogens is 470 g/mol. The molecule has 1 aromatic heterocycles. The number of nitrogens with one attached hydrogen (secondary N) is 2. The minimum absolute atomic E-state index is 0.00356. The SMILES string of the molecule is CCCCC(=O)Nc1cccc(SC(C)C(=O)Nc2nc(-c3ccc(OC)c(OC)c3)cs2)c1. The molecule has 1 atom stereocenters. The molecule has 2 amide bonds. The Morgan fingerprint density at radius 2 is 1.88 bits per heavy atom. The molecule has 0 aliphatic carbocycles. The highest BCUT2D eigenvalue weighted by Gasteiger charge is 2.17. The van der Waals surface area contributed by atoms with Crippen LogP contribution in [-0.4, -0.2) is 36.3 Å². The number of ether oxygens (including phenoxy) is 2. The number of aromatic nitrogens is 1. The molecular formula is C25H29N3O4S2. The molecule has 34 heavy (non-hydrogen) atoms. The predicted molar refractivity (Wildman–Crippen MR) is 139 cm³/mol. The van der Waals surface area contributed by atoms with E-state index in [1.807, 2.05) is 54.8 Å². The summed E-state index contributed by atoms with van der Waals surface area (Å²) in [5.41, 5.74) is 2.35. The molecule has 0 aliphatic rings. The number of hydrogen-bond donors (Lipinski definition) is 2. The van der Waals surface area contributed by atoms with Crippen LogP contribution in [0.3, 0.4) is 0 Å². The lowest BCUT2D eigenvalue weighted by Crippen LogP contribution is -2.22. The zero-order chi connectivity index (χ0) is 24.5. The Morgan fingerprint density at radius 3 is 2.62 bits per heavy atom. The maximum absolute atomic E-state index is 12.8. The van der Waals surface area contributed by atoms with Crippen molar-refractivity contribution in [3.63, 3.8) is 0 Å². The highest BCUT2D eigenvalue weighted by molar-refractivity contribution is 8.00. The second kappa shape index (κ2) is 12.4. The minimum Gasteiger partial charge on any atom is -0.493 e. The van der Waals surface area contributed by atoms with E-state index in [0.29, 0.717) is 23.1 Å². The van der Waals surface area contributed by atoms with Gasteiger partial charge in [-0.25, -0.2) is 4.98 Å². The molecule has 0 aliphatic heterocycles. The Kier molecular flexibility index (Phi) is 9.35. The number of methoxy groups -OCH3 is 2. The Bertz CT molecular complexity index is 1130. The van der Waals surface area contributed by atoms with Gasteiger partial charge in [0.25, 0.3) is 0 Å². The normalized spacial score (nSPS) is 11.5. The maximum Gasteiger partial charge on any atom is 0.239 e. The Morgan fingerprint density at radius 1 is 1.09 bits per heavy atom. The summed E-state index contributed by atoms with van der Waals surface area (Å²) in [6.45, 7) is 3.90. The van der Waals surface area contributed by atoms with Crippen LogP contribution in [0, 0.1) is 0 Å². The molecule has 3 aromatic rings. The Balaban J connectivity index is 1.60. The number of thioether (sulfide) groups is 1. The minimum atomic E-state index is -0.348. The van der Waals surface area contributed by atoms with E-state index in [9.17, 15) is 9.59 Å². The molecule has 2 N–H and O–H groups in total. The van der Waals surface area contributed by atoms with Gasteiger partial charge in [0.15, 0.2) is 16.6 Å². The zero-order valence-electron chi connectivity index (χ0n) is 19.7. The first-order valence-electron chi connectivity index (χ1n) is 11.0. The molecule has 0 fully saturated rings. The molecule has 1 unspecified atom stereocenters. The second-order valence-electron chi connectivity index (χ2n) is 7.54. The van der Waals surface area contributed by atoms with Gasteiger partial charge in [0.2, 0.25) is 11.8 Å². The number of carbonyl (C=O) groups is 2. The number of unbranched alkanes of at least 4 members (excludes halogenated alkanes) is 1. The third-order valence-electron chi connectivity index (χ3n) is 4.97. The van der Waals surface area contributed by atoms with Crippen LogP contribution >= 0.6 is 23.1 Å². The number of carbonyl (C=O) groups excluding carboxylic acids is 2. The van der Waals surface area contributed by atoms with Crippen LogP contribution in [0.4, 0.5) is 10.8 Å². The fourth-order valence-electron chi connectivity index (χ4n) is 3.13. The van der Waals surface area contributed by atoms with Crippen molar-refractivity contribution in [3.05, 3.63) is 47.8 Å². The topological polar surface area (TPSA) is 89.6 Å². The molecule has 180 valence electrons. The smallest absolute Gasteiger partial charge is 0.239 e. The van der Waals surface area contributed by atoms with Gasteiger partial charge < -0.3 is 20.1 Å². The summed E-state index contributed by atoms with van der Waals surface area (Å²) >= 11 is 2.79. The molecule has 0 radical (unpaired) electrons. The molecule has 2 aromatic carbocycles. The summed E-state index contributed by atoms with van der Waals surface area (Å²) in [6, 6.07) is 13.1. The zero-order valence-corrected chi connectivity index (χ0v) is 21.3. The van der Waals surface area contributed by atoms with Gasteiger partial charge in [-0.05, 0) is 49.7 Å². The number of hydrogen-bond acceptors (Lipinski definition) is 7. The average Bonchev–Trinajstić information content (AvgIpc) is 3.30. The average molecular weight is 500 g/mol. The number of anilines is 2. The quantitative estimate of drug-likeness (QED) is 0.311. The van der Waals surface area contributed by atoms with Crippen LogP contribution in [0.5, 0.6) is 11.5 Å². The van der Waals surface area contributed by atoms with E-state index >= 15 is 0 Å². The fraction of sp³-hybridized carbons (Fsp3) is 0.320. The largest absolute Gasteiger partial charge is 0.493 e. The summed E-state index contributed by atoms with van der Waals surface area (Å²) in [5.74, 6) is 1.12. The summed E-state index contributed by atoms with van der Waals surface area (Å²) in [4.78, 5) is 30.2.